The van der Waals surface area contributed by atoms with E-state index < -0.39 is 96.0 Å². The number of ether oxygens (including phenoxy) is 3. The number of benzene rings is 5. The minimum absolute atomic E-state index is 0.0750. The van der Waals surface area contributed by atoms with Crippen molar-refractivity contribution < 1.29 is 98.9 Å². The lowest BCUT2D eigenvalue weighted by Gasteiger charge is -2.29. The third-order valence-corrected chi connectivity index (χ3v) is 19.2. The molecule has 9 rings (SSSR count). The third kappa shape index (κ3) is 17.4. The predicted molar refractivity (Wildman–Crippen MR) is 336 cm³/mol. The van der Waals surface area contributed by atoms with Gasteiger partial charge >= 0.3 is 35.1 Å². The van der Waals surface area contributed by atoms with E-state index in [-0.39, 0.29) is 68.0 Å². The number of aromatic carboxylic acids is 1. The number of carbonyl (C=O) groups excluding carboxylic acids is 4. The van der Waals surface area contributed by atoms with E-state index >= 15 is 0 Å². The number of anilines is 1. The first-order chi connectivity index (χ1) is 44.6. The molecular weight excluding hydrogens is 1290 g/mol. The monoisotopic (exact) mass is 1360 g/mol. The normalized spacial score (nSPS) is 17.7. The largest absolute Gasteiger partial charge is 0.493 e. The molecule has 34 heteroatoms. The highest BCUT2D eigenvalue weighted by molar-refractivity contribution is 7.66. The molecule has 0 bridgehead atoms. The van der Waals surface area contributed by atoms with Crippen LogP contribution in [0.1, 0.15) is 88.2 Å². The summed E-state index contributed by atoms with van der Waals surface area (Å²) in [6.45, 7) is -0.972. The van der Waals surface area contributed by atoms with Crippen molar-refractivity contribution >= 4 is 69.7 Å². The van der Waals surface area contributed by atoms with Gasteiger partial charge in [-0.25, -0.2) is 27.9 Å². The number of hydrogen-bond acceptors (Lipinski definition) is 20. The Morgan fingerprint density at radius 2 is 1.49 bits per heavy atom. The Balaban J connectivity index is 0.711. The van der Waals surface area contributed by atoms with Crippen LogP contribution in [0.4, 0.5) is 5.69 Å². The quantitative estimate of drug-likeness (QED) is 0.0133. The van der Waals surface area contributed by atoms with Crippen LogP contribution in [0.5, 0.6) is 17.2 Å². The van der Waals surface area contributed by atoms with E-state index in [0.29, 0.717) is 81.7 Å². The number of aromatic nitrogens is 2. The van der Waals surface area contributed by atoms with Gasteiger partial charge in [-0.05, 0) is 66.9 Å². The molecule has 7 unspecified atom stereocenters. The van der Waals surface area contributed by atoms with Gasteiger partial charge in [0.25, 0.3) is 11.5 Å². The van der Waals surface area contributed by atoms with E-state index in [2.05, 4.69) is 43.9 Å². The van der Waals surface area contributed by atoms with E-state index in [4.69, 9.17) is 18.6 Å². The molecule has 4 heterocycles. The summed E-state index contributed by atoms with van der Waals surface area (Å²) >= 11 is 0. The summed E-state index contributed by atoms with van der Waals surface area (Å²) in [5.74, 6) is -1.26. The van der Waals surface area contributed by atoms with Crippen LogP contribution in [-0.4, -0.2) is 138 Å². The van der Waals surface area contributed by atoms with Crippen LogP contribution in [0.2, 0.25) is 0 Å². The molecule has 31 nitrogen and oxygen atoms in total. The predicted octanol–water partition coefficient (Wildman–Crippen LogP) is 5.00. The van der Waals surface area contributed by atoms with Gasteiger partial charge in [-0.1, -0.05) is 24.3 Å². The average Bonchev–Trinajstić information content (AvgIpc) is 0.861. The van der Waals surface area contributed by atoms with Crippen molar-refractivity contribution in [1.29, 1.82) is 0 Å². The highest BCUT2D eigenvalue weighted by Gasteiger charge is 2.44. The Morgan fingerprint density at radius 1 is 0.777 bits per heavy atom. The number of para-hydroxylation sites is 1. The Labute approximate surface area is 535 Å². The standard InChI is InChI=1S/C60H67N8O23P3/c1-66(2)36-14-18-40-47(27-36)88-48-28-37(67(3)4)15-19-41(48)55(40)39-17-13-34(26-44(39)59(75)76)57(73)62-24-23-61-51(70)12-8-9-25-85-38-16-20-43-49(29-38)87-46-11-7-6-10-42(46)56(43)64-53(72)22-21-52(71)63-31-35-32-68(60(77)65-58(35)74)54-30-45(69)50(89-54)33-86-93(80,81)91-94(82,83)90-92(78,79)84-5/h6-7,10-11,13-20,26-29,32,45,50,54,56,69H,8-9,12,21-25,30-31,33H2,1-5H3,(H8-,61,62,63,64,65,70,71,72,73,74,75,76,77,78,79,80,81,82,83)/p+1. The number of rotatable bonds is 28. The van der Waals surface area contributed by atoms with Crippen molar-refractivity contribution in [2.45, 2.75) is 69.5 Å². The number of carboxylic acid groups (broad SMARTS) is 1. The fourth-order valence-electron chi connectivity index (χ4n) is 10.3. The summed E-state index contributed by atoms with van der Waals surface area (Å²) < 4.78 is 79.1. The van der Waals surface area contributed by atoms with Gasteiger partial charge in [-0.15, -0.1) is 0 Å². The van der Waals surface area contributed by atoms with Gasteiger partial charge in [0.05, 0.1) is 42.6 Å². The molecule has 1 aliphatic carbocycles. The van der Waals surface area contributed by atoms with Gasteiger partial charge in [0.2, 0.25) is 23.1 Å². The van der Waals surface area contributed by atoms with Crippen LogP contribution in [0, 0.1) is 0 Å². The van der Waals surface area contributed by atoms with Crippen LogP contribution in [0.25, 0.3) is 33.4 Å². The van der Waals surface area contributed by atoms with E-state index in [0.717, 1.165) is 21.8 Å². The van der Waals surface area contributed by atoms with Crippen LogP contribution in [0.15, 0.2) is 117 Å². The van der Waals surface area contributed by atoms with Crippen molar-refractivity contribution in [3.8, 4) is 39.7 Å². The number of amides is 4. The third-order valence-electron chi connectivity index (χ3n) is 15.0. The number of nitrogens with one attached hydrogen (secondary N) is 5. The van der Waals surface area contributed by atoms with E-state index in [1.807, 2.05) is 74.1 Å². The van der Waals surface area contributed by atoms with Gasteiger partial charge in [0, 0.05) is 130 Å². The molecule has 3 aliphatic heterocycles. The number of carboxylic acids is 1. The second kappa shape index (κ2) is 29.7. The molecule has 500 valence electrons. The second-order valence-corrected chi connectivity index (χ2v) is 26.8. The number of fused-ring (bicyclic) bond motifs is 4. The molecule has 0 saturated carbocycles. The Kier molecular flexibility index (Phi) is 22.0. The van der Waals surface area contributed by atoms with E-state index in [1.165, 1.54) is 6.07 Å². The summed E-state index contributed by atoms with van der Waals surface area (Å²) in [6.07, 6.45) is -3.05. The summed E-state index contributed by atoms with van der Waals surface area (Å²) in [5, 5.41) is 33.7. The Morgan fingerprint density at radius 3 is 2.23 bits per heavy atom. The van der Waals surface area contributed by atoms with Crippen LogP contribution >= 0.6 is 23.5 Å². The lowest BCUT2D eigenvalue weighted by Crippen LogP contribution is -2.36. The molecule has 1 saturated heterocycles. The number of aliphatic hydroxyl groups excluding tert-OH is 1. The minimum atomic E-state index is -5.72. The number of phosphoric ester groups is 2. The molecule has 4 aromatic carbocycles. The maximum Gasteiger partial charge on any atom is 0.490 e. The van der Waals surface area contributed by atoms with Crippen LogP contribution in [-0.2, 0) is 57.0 Å². The number of hydrogen-bond donors (Lipinski definition) is 10. The van der Waals surface area contributed by atoms with E-state index in [9.17, 15) is 72.2 Å². The maximum absolute atomic E-state index is 13.5. The fourth-order valence-corrected chi connectivity index (χ4v) is 13.5. The van der Waals surface area contributed by atoms with Gasteiger partial charge in [-0.3, -0.25) is 42.6 Å². The highest BCUT2D eigenvalue weighted by atomic mass is 31.3. The molecule has 94 heavy (non-hydrogen) atoms. The number of aromatic amines is 1. The van der Waals surface area contributed by atoms with Crippen molar-refractivity contribution in [2.75, 3.05) is 66.5 Å². The molecule has 0 spiro atoms. The number of phosphoric acid groups is 3. The highest BCUT2D eigenvalue weighted by Crippen LogP contribution is 2.67. The lowest BCUT2D eigenvalue weighted by atomic mass is 9.89. The lowest BCUT2D eigenvalue weighted by molar-refractivity contribution is -0.126. The number of nitrogens with zero attached hydrogens (tertiary/aromatic N) is 3. The molecule has 7 atom stereocenters. The second-order valence-electron chi connectivity index (χ2n) is 22.0. The number of unbranched alkanes of at least 4 members (excludes halogenated alkanes) is 1. The summed E-state index contributed by atoms with van der Waals surface area (Å²) in [6, 6.07) is 27.4. The Hall–Kier alpha value is -8.67. The van der Waals surface area contributed by atoms with Gasteiger partial charge in [0.15, 0.2) is 0 Å². The molecular formula is C60H68N8O23P3+. The van der Waals surface area contributed by atoms with Gasteiger partial charge < -0.3 is 69.7 Å². The van der Waals surface area contributed by atoms with Crippen molar-refractivity contribution in [3.63, 3.8) is 0 Å². The first-order valence-electron chi connectivity index (χ1n) is 29.1. The number of H-pyrrole nitrogens is 1. The first-order valence-corrected chi connectivity index (χ1v) is 33.6. The van der Waals surface area contributed by atoms with Crippen molar-refractivity contribution in [3.05, 3.63) is 157 Å². The summed E-state index contributed by atoms with van der Waals surface area (Å²) in [4.78, 5) is 124. The zero-order chi connectivity index (χ0) is 67.8. The minimum Gasteiger partial charge on any atom is -0.493 e. The maximum atomic E-state index is 13.5. The molecule has 1 aromatic heterocycles. The van der Waals surface area contributed by atoms with Crippen LogP contribution < -0.4 is 56.8 Å². The number of carbonyl (C=O) groups is 5. The molecule has 0 radical (unpaired) electrons. The molecule has 1 fully saturated rings. The van der Waals surface area contributed by atoms with E-state index in [1.54, 1.807) is 54.6 Å². The molecule has 10 N–H and O–H groups in total. The van der Waals surface area contributed by atoms with Gasteiger partial charge in [-0.2, -0.15) is 8.62 Å². The van der Waals surface area contributed by atoms with Gasteiger partial charge in [0.1, 0.15) is 55.0 Å². The molecule has 5 aromatic rings. The molecule has 4 amide bonds. The summed E-state index contributed by atoms with van der Waals surface area (Å²) in [7, 11) is -8.13. The van der Waals surface area contributed by atoms with Crippen molar-refractivity contribution in [1.82, 2.24) is 35.4 Å². The SMILES string of the molecule is COP(=O)(O)OP(=O)(O)OP(=O)(O)OCC1OC(n2cc(CNC(=O)CCC(=O)NC3c4ccccc4Oc4cc(OCCCCC(=O)NCCNC(=O)c5ccc(-c6c7ccc(=[N+](C)C)cc-7oc7cc(N(C)C)ccc67)c(C(=O)O)c5)ccc43)c(=O)[nH]c2=O)CC1O. The zero-order valence-corrected chi connectivity index (χ0v) is 53.9. The average molecular weight is 1360 g/mol. The Bertz CT molecular complexity index is 4380. The topological polar surface area (TPSA) is 425 Å². The smallest absolute Gasteiger partial charge is 0.490 e. The molecule has 4 aliphatic rings. The number of aliphatic hydroxyl groups is 1. The van der Waals surface area contributed by atoms with Crippen LogP contribution in [0.3, 0.4) is 0 Å². The fraction of sp³-hybridized carbons (Fsp3) is 0.333. The summed E-state index contributed by atoms with van der Waals surface area (Å²) in [5.41, 5.74) is 2.45. The first kappa shape index (κ1) is 69.7. The van der Waals surface area contributed by atoms with Crippen molar-refractivity contribution in [2.24, 2.45) is 0 Å². The zero-order valence-electron chi connectivity index (χ0n) is 51.2.